The molecule has 1 aromatic heterocycles. The second-order valence-electron chi connectivity index (χ2n) is 2.52. The third-order valence-electron chi connectivity index (χ3n) is 1.60. The van der Waals surface area contributed by atoms with Crippen LogP contribution in [0.3, 0.4) is 0 Å². The van der Waals surface area contributed by atoms with Crippen molar-refractivity contribution >= 4 is 11.3 Å². The fraction of sp³-hybridized carbons (Fsp3) is 0.625. The van der Waals surface area contributed by atoms with Crippen LogP contribution in [0.15, 0.2) is 0 Å². The van der Waals surface area contributed by atoms with Crippen molar-refractivity contribution in [3.63, 3.8) is 0 Å². The lowest BCUT2D eigenvalue weighted by Gasteiger charge is -1.92. The first-order valence-electron chi connectivity index (χ1n) is 3.83. The van der Waals surface area contributed by atoms with Crippen molar-refractivity contribution < 1.29 is 9.84 Å². The second kappa shape index (κ2) is 4.54. The highest BCUT2D eigenvalue weighted by molar-refractivity contribution is 7.11. The Morgan fingerprint density at radius 1 is 1.58 bits per heavy atom. The zero-order valence-corrected chi connectivity index (χ0v) is 8.15. The van der Waals surface area contributed by atoms with Crippen LogP contribution in [0.4, 0.5) is 0 Å². The largest absolute Gasteiger partial charge is 0.391 e. The summed E-state index contributed by atoms with van der Waals surface area (Å²) in [6.07, 6.45) is 0.835. The molecular weight excluding hydrogens is 174 g/mol. The third-order valence-corrected chi connectivity index (χ3v) is 2.80. The van der Waals surface area contributed by atoms with Gasteiger partial charge in [0.05, 0.1) is 28.8 Å². The molecule has 1 heterocycles. The van der Waals surface area contributed by atoms with Crippen LogP contribution >= 0.6 is 11.3 Å². The van der Waals surface area contributed by atoms with Crippen molar-refractivity contribution in [1.29, 1.82) is 0 Å². The second-order valence-corrected chi connectivity index (χ2v) is 3.69. The van der Waals surface area contributed by atoms with Gasteiger partial charge >= 0.3 is 0 Å². The molecule has 0 aliphatic heterocycles. The summed E-state index contributed by atoms with van der Waals surface area (Å²) in [6, 6.07) is 0. The van der Waals surface area contributed by atoms with Gasteiger partial charge in [-0.2, -0.15) is 0 Å². The van der Waals surface area contributed by atoms with Crippen LogP contribution in [0.5, 0.6) is 0 Å². The number of thiazole rings is 1. The van der Waals surface area contributed by atoms with E-state index in [-0.39, 0.29) is 6.61 Å². The number of aromatic nitrogens is 1. The highest BCUT2D eigenvalue weighted by Crippen LogP contribution is 2.17. The lowest BCUT2D eigenvalue weighted by atomic mass is 10.4. The molecule has 12 heavy (non-hydrogen) atoms. The van der Waals surface area contributed by atoms with Crippen molar-refractivity contribution in [2.75, 3.05) is 13.7 Å². The molecule has 3 nitrogen and oxygen atoms in total. The summed E-state index contributed by atoms with van der Waals surface area (Å²) in [5, 5.41) is 9.94. The van der Waals surface area contributed by atoms with E-state index in [1.807, 2.05) is 6.92 Å². The number of aliphatic hydroxyl groups is 1. The fourth-order valence-corrected chi connectivity index (χ4v) is 1.84. The van der Waals surface area contributed by atoms with E-state index in [4.69, 9.17) is 9.84 Å². The number of hydrogen-bond acceptors (Lipinski definition) is 4. The summed E-state index contributed by atoms with van der Waals surface area (Å²) in [7, 11) is 1.67. The molecule has 0 aromatic carbocycles. The minimum absolute atomic E-state index is 0.0937. The molecule has 0 saturated heterocycles. The SMILES string of the molecule is COCCc1nc(C)c(CO)s1. The van der Waals surface area contributed by atoms with Gasteiger partial charge in [-0.05, 0) is 6.92 Å². The molecule has 0 aliphatic carbocycles. The predicted octanol–water partition coefficient (Wildman–Crippen LogP) is 1.13. The summed E-state index contributed by atoms with van der Waals surface area (Å²) in [5.41, 5.74) is 0.939. The molecule has 0 amide bonds. The number of ether oxygens (including phenoxy) is 1. The molecule has 68 valence electrons. The Balaban J connectivity index is 2.62. The van der Waals surface area contributed by atoms with Crippen LogP contribution in [0.25, 0.3) is 0 Å². The highest BCUT2D eigenvalue weighted by atomic mass is 32.1. The number of aliphatic hydroxyl groups excluding tert-OH is 1. The minimum Gasteiger partial charge on any atom is -0.391 e. The molecule has 0 fully saturated rings. The normalized spacial score (nSPS) is 10.6. The van der Waals surface area contributed by atoms with E-state index < -0.39 is 0 Å². The summed E-state index contributed by atoms with van der Waals surface area (Å²) in [5.74, 6) is 0. The molecule has 0 saturated carbocycles. The number of rotatable bonds is 4. The van der Waals surface area contributed by atoms with Crippen LogP contribution in [0.1, 0.15) is 15.6 Å². The molecule has 1 aromatic rings. The molecule has 0 aliphatic rings. The van der Waals surface area contributed by atoms with E-state index in [1.54, 1.807) is 18.4 Å². The van der Waals surface area contributed by atoms with Crippen LogP contribution in [0, 0.1) is 6.92 Å². The zero-order valence-electron chi connectivity index (χ0n) is 7.33. The molecule has 0 radical (unpaired) electrons. The Bertz CT molecular complexity index is 247. The third kappa shape index (κ3) is 2.27. The van der Waals surface area contributed by atoms with Crippen LogP contribution < -0.4 is 0 Å². The number of methoxy groups -OCH3 is 1. The van der Waals surface area contributed by atoms with Gasteiger partial charge in [0.2, 0.25) is 0 Å². The van der Waals surface area contributed by atoms with Crippen LogP contribution in [-0.4, -0.2) is 23.8 Å². The Labute approximate surface area is 76.0 Å². The van der Waals surface area contributed by atoms with Gasteiger partial charge in [-0.3, -0.25) is 0 Å². The highest BCUT2D eigenvalue weighted by Gasteiger charge is 2.05. The summed E-state index contributed by atoms with van der Waals surface area (Å²) >= 11 is 1.56. The zero-order chi connectivity index (χ0) is 8.97. The van der Waals surface area contributed by atoms with E-state index in [0.717, 1.165) is 22.0 Å². The van der Waals surface area contributed by atoms with E-state index in [2.05, 4.69) is 4.98 Å². The summed E-state index contributed by atoms with van der Waals surface area (Å²) in [4.78, 5) is 5.26. The quantitative estimate of drug-likeness (QED) is 0.768. The van der Waals surface area contributed by atoms with E-state index in [1.165, 1.54) is 0 Å². The minimum atomic E-state index is 0.0937. The Kier molecular flexibility index (Phi) is 3.65. The first-order chi connectivity index (χ1) is 5.77. The van der Waals surface area contributed by atoms with Gasteiger partial charge in [0.25, 0.3) is 0 Å². The Hall–Kier alpha value is -0.450. The Morgan fingerprint density at radius 2 is 2.33 bits per heavy atom. The smallest absolute Gasteiger partial charge is 0.0954 e. The average molecular weight is 187 g/mol. The van der Waals surface area contributed by atoms with Crippen molar-refractivity contribution in [2.24, 2.45) is 0 Å². The van der Waals surface area contributed by atoms with Gasteiger partial charge in [-0.25, -0.2) is 4.98 Å². The van der Waals surface area contributed by atoms with Crippen molar-refractivity contribution in [3.8, 4) is 0 Å². The topological polar surface area (TPSA) is 42.4 Å². The van der Waals surface area contributed by atoms with Crippen molar-refractivity contribution in [3.05, 3.63) is 15.6 Å². The van der Waals surface area contributed by atoms with Gasteiger partial charge in [0.15, 0.2) is 0 Å². The molecule has 0 atom stereocenters. The van der Waals surface area contributed by atoms with E-state index in [0.29, 0.717) is 6.61 Å². The lowest BCUT2D eigenvalue weighted by Crippen LogP contribution is -1.93. The number of nitrogens with zero attached hydrogens (tertiary/aromatic N) is 1. The van der Waals surface area contributed by atoms with Gasteiger partial charge in [0, 0.05) is 13.5 Å². The maximum atomic E-state index is 8.90. The lowest BCUT2D eigenvalue weighted by molar-refractivity contribution is 0.202. The summed E-state index contributed by atoms with van der Waals surface area (Å²) < 4.78 is 4.93. The first kappa shape index (κ1) is 9.64. The monoisotopic (exact) mass is 187 g/mol. The maximum Gasteiger partial charge on any atom is 0.0954 e. The first-order valence-corrected chi connectivity index (χ1v) is 4.64. The number of hydrogen-bond donors (Lipinski definition) is 1. The van der Waals surface area contributed by atoms with E-state index >= 15 is 0 Å². The Morgan fingerprint density at radius 3 is 2.83 bits per heavy atom. The van der Waals surface area contributed by atoms with Crippen molar-refractivity contribution in [1.82, 2.24) is 4.98 Å². The summed E-state index contributed by atoms with van der Waals surface area (Å²) in [6.45, 7) is 2.70. The standard InChI is InChI=1S/C8H13NO2S/c1-6-7(5-10)12-8(9-6)3-4-11-2/h10H,3-5H2,1-2H3. The van der Waals surface area contributed by atoms with Gasteiger partial charge < -0.3 is 9.84 Å². The molecule has 0 bridgehead atoms. The molecular formula is C8H13NO2S. The average Bonchev–Trinajstić information content (AvgIpc) is 2.43. The van der Waals surface area contributed by atoms with Gasteiger partial charge in [-0.15, -0.1) is 11.3 Å². The van der Waals surface area contributed by atoms with Gasteiger partial charge in [0.1, 0.15) is 0 Å². The number of aryl methyl sites for hydroxylation is 1. The molecule has 4 heteroatoms. The van der Waals surface area contributed by atoms with E-state index in [9.17, 15) is 0 Å². The van der Waals surface area contributed by atoms with Gasteiger partial charge in [-0.1, -0.05) is 0 Å². The molecule has 0 unspecified atom stereocenters. The van der Waals surface area contributed by atoms with Crippen molar-refractivity contribution in [2.45, 2.75) is 20.0 Å². The predicted molar refractivity (Wildman–Crippen MR) is 48.4 cm³/mol. The molecule has 0 spiro atoms. The van der Waals surface area contributed by atoms with Crippen LogP contribution in [0.2, 0.25) is 0 Å². The van der Waals surface area contributed by atoms with Crippen LogP contribution in [-0.2, 0) is 17.8 Å². The maximum absolute atomic E-state index is 8.90. The molecule has 1 N–H and O–H groups in total. The fourth-order valence-electron chi connectivity index (χ4n) is 0.931. The molecule has 1 rings (SSSR count).